The first-order valence-corrected chi connectivity index (χ1v) is 21.2. The van der Waals surface area contributed by atoms with Gasteiger partial charge in [0.05, 0.1) is 47.9 Å². The second-order valence-corrected chi connectivity index (χ2v) is 17.8. The number of nitrogens with two attached hydrogens (primary N) is 6. The molecule has 4 fully saturated rings. The zero-order chi connectivity index (χ0) is 60.9. The van der Waals surface area contributed by atoms with Gasteiger partial charge in [-0.1, -0.05) is 58.3 Å². The quantitative estimate of drug-likeness (QED) is 0.102. The predicted octanol–water partition coefficient (Wildman–Crippen LogP) is 7.48. The first-order chi connectivity index (χ1) is 37.2. The number of anilines is 5. The summed E-state index contributed by atoms with van der Waals surface area (Å²) in [6, 6.07) is 3.83. The molecule has 21 heteroatoms. The van der Waals surface area contributed by atoms with Crippen molar-refractivity contribution in [3.8, 4) is 0 Å². The molecule has 57 heavy (non-hydrogen) atoms. The van der Waals surface area contributed by atoms with Crippen molar-refractivity contribution in [1.29, 1.82) is 0 Å². The third-order valence-electron chi connectivity index (χ3n) is 11.0. The van der Waals surface area contributed by atoms with E-state index in [1.807, 2.05) is 0 Å². The van der Waals surface area contributed by atoms with E-state index in [4.69, 9.17) is 108 Å². The minimum Gasteiger partial charge on any atom is -0.382 e. The summed E-state index contributed by atoms with van der Waals surface area (Å²) < 4.78 is 111. The molecule has 4 aromatic heterocycles. The fourth-order valence-corrected chi connectivity index (χ4v) is 9.53. The third kappa shape index (κ3) is 10.0. The molecule has 4 aromatic rings. The van der Waals surface area contributed by atoms with Crippen LogP contribution in [0, 0.1) is 10.8 Å². The highest BCUT2D eigenvalue weighted by Crippen LogP contribution is 2.43. The number of hydrogen-bond acceptors (Lipinski definition) is 18. The van der Waals surface area contributed by atoms with Gasteiger partial charge in [0.2, 0.25) is 0 Å². The van der Waals surface area contributed by atoms with Gasteiger partial charge in [-0.3, -0.25) is 0 Å². The highest BCUT2D eigenvalue weighted by molar-refractivity contribution is 7.99. The van der Waals surface area contributed by atoms with Crippen LogP contribution in [0.15, 0.2) is 56.8 Å². The molecule has 8 heterocycles. The number of pyridine rings is 2. The number of ether oxygens (including phenoxy) is 2. The van der Waals surface area contributed by atoms with Gasteiger partial charge in [0.1, 0.15) is 32.7 Å². The van der Waals surface area contributed by atoms with E-state index in [-0.39, 0.29) is 53.7 Å². The molecule has 330 valence electrons. The fraction of sp³-hybridized carbons (Fsp3) is 0.500. The van der Waals surface area contributed by atoms with E-state index < -0.39 is 0 Å². The lowest BCUT2D eigenvalue weighted by molar-refractivity contribution is 0.0952. The Hall–Kier alpha value is -3.17. The molecule has 0 saturated carbocycles. The number of nitrogen functional groups attached to an aromatic ring is 4. The van der Waals surface area contributed by atoms with Crippen molar-refractivity contribution in [2.45, 2.75) is 83.7 Å². The number of aromatic nitrogens is 6. The largest absolute Gasteiger partial charge is 0.382 e. The average molecular weight is 924 g/mol. The van der Waals surface area contributed by atoms with Crippen molar-refractivity contribution < 1.29 is 40.6 Å². The Bertz CT molecular complexity index is 2070. The van der Waals surface area contributed by atoms with Crippen LogP contribution in [0.2, 0.25) is 15.2 Å². The summed E-state index contributed by atoms with van der Waals surface area (Å²) in [7, 11) is 0. The fourth-order valence-electron chi connectivity index (χ4n) is 7.36. The Morgan fingerprint density at radius 1 is 0.719 bits per heavy atom. The molecule has 16 nitrogen and oxygen atoms in total. The number of halogens is 3. The third-order valence-corrected chi connectivity index (χ3v) is 14.4. The van der Waals surface area contributed by atoms with Crippen LogP contribution >= 0.6 is 58.3 Å². The molecule has 0 bridgehead atoms. The standard InChI is InChI=1S/C18H24ClN7OS.C9H7Cl2N5S.C9H18N2O.11H2/c1-10-14(20)18(9-27-10)3-6-26(7-4-18)12-8-24-17(16(22)25-12)28-11-2-5-23-15(21)13(11)19;10-5-3-15-9(8(13)16-5)17-4-1-2-14-7(12)6(4)11;1-7-8(10)9(6-12-7)2-4-11-5-3-9;;;;;;;;;;;/h2,5,8,10,14H,3-4,6-7,9,20H2,1H3,(H2,21,23)(H2,22,25);1-3H,(H2,12,14)(H2,13,16);7-8,11H,2-6,10H2,1H3;11*1H/t10-,14+;;7-,8+;;;;;;;;;;;/m0.0.........../s1/i;;;10*1+1D;1+1. The van der Waals surface area contributed by atoms with Crippen LogP contribution in [-0.4, -0.2) is 93.6 Å². The van der Waals surface area contributed by atoms with Crippen LogP contribution in [0.3, 0.4) is 0 Å². The first-order valence-electron chi connectivity index (χ1n) is 28.5. The van der Waals surface area contributed by atoms with Gasteiger partial charge in [0, 0.05) is 89.3 Å². The maximum atomic E-state index is 6.39. The number of rotatable bonds is 5. The van der Waals surface area contributed by atoms with Gasteiger partial charge in [-0.05, 0) is 64.8 Å². The monoisotopic (exact) mass is 922 g/mol. The van der Waals surface area contributed by atoms with Gasteiger partial charge in [-0.2, -0.15) is 0 Å². The van der Waals surface area contributed by atoms with Crippen molar-refractivity contribution >= 4 is 87.4 Å². The van der Waals surface area contributed by atoms with Crippen molar-refractivity contribution in [3.63, 3.8) is 0 Å². The smallest absolute Gasteiger partial charge is 0.158 e. The lowest BCUT2D eigenvalue weighted by Crippen LogP contribution is -2.50. The normalized spacial score (nSPS) is 24.9. The van der Waals surface area contributed by atoms with Crippen LogP contribution in [0.25, 0.3) is 0 Å². The van der Waals surface area contributed by atoms with Crippen LogP contribution in [0.1, 0.15) is 70.7 Å². The van der Waals surface area contributed by atoms with E-state index in [0.29, 0.717) is 36.2 Å². The second-order valence-electron chi connectivity index (χ2n) is 14.6. The van der Waals surface area contributed by atoms with E-state index in [1.54, 1.807) is 30.7 Å². The summed E-state index contributed by atoms with van der Waals surface area (Å²) in [6.07, 6.45) is 11.0. The number of piperidine rings is 2. The number of nitrogens with one attached hydrogen (secondary N) is 1. The summed E-state index contributed by atoms with van der Waals surface area (Å²) >= 11 is 20.4. The lowest BCUT2D eigenvalue weighted by atomic mass is 9.73. The molecule has 4 saturated heterocycles. The van der Waals surface area contributed by atoms with Crippen LogP contribution < -0.4 is 44.6 Å². The molecular formula is C36H71Cl3N14O2S2. The van der Waals surface area contributed by atoms with E-state index in [0.717, 1.165) is 62.9 Å². The predicted molar refractivity (Wildman–Crippen MR) is 252 cm³/mol. The Morgan fingerprint density at radius 2 is 1.19 bits per heavy atom. The summed E-state index contributed by atoms with van der Waals surface area (Å²) in [5.74, 6) is 1.92. The van der Waals surface area contributed by atoms with Gasteiger partial charge in [0.15, 0.2) is 11.6 Å². The minimum absolute atomic E-state index is 0. The van der Waals surface area contributed by atoms with Gasteiger partial charge in [0.25, 0.3) is 0 Å². The van der Waals surface area contributed by atoms with Gasteiger partial charge in [-0.25, -0.2) is 29.9 Å². The molecular weight excluding hydrogens is 831 g/mol. The average Bonchev–Trinajstić information content (AvgIpc) is 3.92. The summed E-state index contributed by atoms with van der Waals surface area (Å²) in [4.78, 5) is 28.5. The molecule has 0 aliphatic carbocycles. The summed E-state index contributed by atoms with van der Waals surface area (Å²) in [5, 5.41) is 5.47. The topological polar surface area (TPSA) is 267 Å². The minimum atomic E-state index is 0. The van der Waals surface area contributed by atoms with Crippen molar-refractivity contribution in [2.24, 2.45) is 22.3 Å². The first kappa shape index (κ1) is 31.7. The highest BCUT2D eigenvalue weighted by Gasteiger charge is 2.48. The molecule has 4 atom stereocenters. The molecule has 0 unspecified atom stereocenters. The SMILES string of the molecule is C[C@@H]1OCC2(CCN(c3cnc(Sc4ccnc(N)c4Cl)c(N)n3)CC2)[C@@H]1N.C[C@@H]1OCC2(CCNCC2)[C@@H]1N.Nc1nc(Cl)cnc1Sc1ccnc(N)c1Cl.[2HH].[2H][2H].[2H][2H].[2H][2H].[2H][2H].[2H][2H].[2H][2H].[2H][2H].[2H][2H].[2H][2H].[2H][2H]. The number of hydrogen-bond donors (Lipinski definition) is 7. The second kappa shape index (κ2) is 18.8. The molecule has 8 rings (SSSR count). The Balaban J connectivity index is -0.000000224. The van der Waals surface area contributed by atoms with Gasteiger partial charge >= 0.3 is 0 Å². The van der Waals surface area contributed by atoms with Crippen molar-refractivity contribution in [3.05, 3.63) is 52.1 Å². The molecule has 2 spiro atoms. The molecule has 4 aliphatic heterocycles. The zero-order valence-electron chi connectivity index (χ0n) is 51.7. The molecule has 0 radical (unpaired) electrons. The van der Waals surface area contributed by atoms with Gasteiger partial charge in [-0.15, -0.1) is 0 Å². The van der Waals surface area contributed by atoms with Crippen molar-refractivity contribution in [1.82, 2.24) is 35.2 Å². The Kier molecular flexibility index (Phi) is 10.5. The molecule has 0 aromatic carbocycles. The van der Waals surface area contributed by atoms with E-state index >= 15 is 0 Å². The van der Waals surface area contributed by atoms with E-state index in [2.05, 4.69) is 54.0 Å². The maximum absolute atomic E-state index is 6.39. The lowest BCUT2D eigenvalue weighted by Gasteiger charge is -2.41. The van der Waals surface area contributed by atoms with Crippen molar-refractivity contribution in [2.75, 3.05) is 67.2 Å². The zero-order valence-corrected chi connectivity index (χ0v) is 35.6. The van der Waals surface area contributed by atoms with Gasteiger partial charge < -0.3 is 54.1 Å². The Labute approximate surface area is 388 Å². The van der Waals surface area contributed by atoms with Crippen LogP contribution in [-0.2, 0) is 9.47 Å². The highest BCUT2D eigenvalue weighted by atomic mass is 35.5. The maximum Gasteiger partial charge on any atom is 0.158 e. The van der Waals surface area contributed by atoms with Crippen LogP contribution in [0.4, 0.5) is 29.1 Å². The summed E-state index contributed by atoms with van der Waals surface area (Å²) in [5.41, 5.74) is 36.1. The molecule has 0 amide bonds. The Morgan fingerprint density at radius 3 is 1.65 bits per heavy atom. The molecule has 13 N–H and O–H groups in total. The van der Waals surface area contributed by atoms with Crippen LogP contribution in [0.5, 0.6) is 0 Å². The number of nitrogens with zero attached hydrogens (tertiary/aromatic N) is 7. The summed E-state index contributed by atoms with van der Waals surface area (Å²) in [6.45, 7) is 9.67. The molecule has 4 aliphatic rings. The van der Waals surface area contributed by atoms with E-state index in [9.17, 15) is 0 Å². The van der Waals surface area contributed by atoms with E-state index in [1.165, 1.54) is 42.6 Å².